The van der Waals surface area contributed by atoms with Gasteiger partial charge >= 0.3 is 0 Å². The Morgan fingerprint density at radius 2 is 2.08 bits per heavy atom. The molecule has 0 radical (unpaired) electrons. The molecule has 2 N–H and O–H groups in total. The first kappa shape index (κ1) is 9.34. The van der Waals surface area contributed by atoms with E-state index in [-0.39, 0.29) is 6.54 Å². The van der Waals surface area contributed by atoms with Crippen LogP contribution in [0.1, 0.15) is 11.1 Å². The highest BCUT2D eigenvalue weighted by Crippen LogP contribution is 2.24. The van der Waals surface area contributed by atoms with Crippen molar-refractivity contribution in [2.45, 2.75) is 6.54 Å². The molecule has 1 rings (SSSR count). The molecule has 62 valence electrons. The van der Waals surface area contributed by atoms with E-state index in [0.717, 1.165) is 0 Å². The first-order valence-corrected chi connectivity index (χ1v) is 4.02. The standard InChI is InChI=1S/C8H6Cl2N2/c9-6-1-5(3-11)7(4-12)8(10)2-6/h1-2H,4,12H2. The fourth-order valence-corrected chi connectivity index (χ4v) is 1.48. The maximum atomic E-state index is 8.68. The third-order valence-electron chi connectivity index (χ3n) is 1.48. The van der Waals surface area contributed by atoms with Gasteiger partial charge < -0.3 is 5.73 Å². The zero-order valence-corrected chi connectivity index (χ0v) is 7.65. The van der Waals surface area contributed by atoms with Crippen molar-refractivity contribution in [3.8, 4) is 6.07 Å². The van der Waals surface area contributed by atoms with E-state index in [1.807, 2.05) is 6.07 Å². The first-order chi connectivity index (χ1) is 5.69. The van der Waals surface area contributed by atoms with Gasteiger partial charge in [-0.15, -0.1) is 0 Å². The average Bonchev–Trinajstić information content (AvgIpc) is 2.03. The Hall–Kier alpha value is -0.750. The molecule has 0 spiro atoms. The summed E-state index contributed by atoms with van der Waals surface area (Å²) in [6.07, 6.45) is 0. The van der Waals surface area contributed by atoms with E-state index in [4.69, 9.17) is 34.2 Å². The topological polar surface area (TPSA) is 49.8 Å². The fraction of sp³-hybridized carbons (Fsp3) is 0.125. The minimum Gasteiger partial charge on any atom is -0.326 e. The van der Waals surface area contributed by atoms with Crippen molar-refractivity contribution in [2.75, 3.05) is 0 Å². The van der Waals surface area contributed by atoms with E-state index in [1.54, 1.807) is 12.1 Å². The van der Waals surface area contributed by atoms with Crippen molar-refractivity contribution in [1.82, 2.24) is 0 Å². The average molecular weight is 201 g/mol. The molecular weight excluding hydrogens is 195 g/mol. The smallest absolute Gasteiger partial charge is 0.0996 e. The Labute approximate surface area is 80.5 Å². The number of nitriles is 1. The van der Waals surface area contributed by atoms with Gasteiger partial charge in [-0.1, -0.05) is 23.2 Å². The van der Waals surface area contributed by atoms with Gasteiger partial charge in [0, 0.05) is 22.2 Å². The zero-order valence-electron chi connectivity index (χ0n) is 6.14. The van der Waals surface area contributed by atoms with Gasteiger partial charge in [0.2, 0.25) is 0 Å². The molecular formula is C8H6Cl2N2. The maximum Gasteiger partial charge on any atom is 0.0996 e. The Morgan fingerprint density at radius 3 is 2.58 bits per heavy atom. The number of nitrogens with zero attached hydrogens (tertiary/aromatic N) is 1. The highest BCUT2D eigenvalue weighted by molar-refractivity contribution is 6.35. The first-order valence-electron chi connectivity index (χ1n) is 3.27. The summed E-state index contributed by atoms with van der Waals surface area (Å²) in [6.45, 7) is 0.249. The highest BCUT2D eigenvalue weighted by Gasteiger charge is 2.06. The van der Waals surface area contributed by atoms with Crippen LogP contribution in [0.4, 0.5) is 0 Å². The van der Waals surface area contributed by atoms with E-state index in [1.165, 1.54) is 0 Å². The van der Waals surface area contributed by atoms with E-state index in [0.29, 0.717) is 21.2 Å². The van der Waals surface area contributed by atoms with E-state index < -0.39 is 0 Å². The number of hydrogen-bond donors (Lipinski definition) is 1. The van der Waals surface area contributed by atoms with Crippen molar-refractivity contribution < 1.29 is 0 Å². The Kier molecular flexibility index (Phi) is 2.93. The maximum absolute atomic E-state index is 8.68. The van der Waals surface area contributed by atoms with Crippen LogP contribution in [-0.2, 0) is 6.54 Å². The van der Waals surface area contributed by atoms with Gasteiger partial charge in [0.1, 0.15) is 0 Å². The Bertz CT molecular complexity index is 342. The molecule has 0 aliphatic heterocycles. The highest BCUT2D eigenvalue weighted by atomic mass is 35.5. The molecule has 4 heteroatoms. The molecule has 1 aromatic carbocycles. The molecule has 0 aromatic heterocycles. The van der Waals surface area contributed by atoms with Gasteiger partial charge in [0.25, 0.3) is 0 Å². The normalized spacial score (nSPS) is 9.50. The molecule has 2 nitrogen and oxygen atoms in total. The second-order valence-corrected chi connectivity index (χ2v) is 3.07. The molecule has 12 heavy (non-hydrogen) atoms. The fourth-order valence-electron chi connectivity index (χ4n) is 0.911. The SMILES string of the molecule is N#Cc1cc(Cl)cc(Cl)c1CN. The third kappa shape index (κ3) is 1.70. The van der Waals surface area contributed by atoms with Crippen LogP contribution in [0, 0.1) is 11.3 Å². The van der Waals surface area contributed by atoms with Crippen LogP contribution >= 0.6 is 23.2 Å². The largest absolute Gasteiger partial charge is 0.326 e. The van der Waals surface area contributed by atoms with Crippen molar-refractivity contribution in [2.24, 2.45) is 5.73 Å². The number of halogens is 2. The van der Waals surface area contributed by atoms with Crippen LogP contribution in [0.5, 0.6) is 0 Å². The summed E-state index contributed by atoms with van der Waals surface area (Å²) in [7, 11) is 0. The van der Waals surface area contributed by atoms with Crippen LogP contribution in [-0.4, -0.2) is 0 Å². The summed E-state index contributed by atoms with van der Waals surface area (Å²) in [5.41, 5.74) is 6.48. The molecule has 0 aliphatic carbocycles. The summed E-state index contributed by atoms with van der Waals surface area (Å²) < 4.78 is 0. The van der Waals surface area contributed by atoms with Crippen LogP contribution in [0.25, 0.3) is 0 Å². The van der Waals surface area contributed by atoms with E-state index in [9.17, 15) is 0 Å². The van der Waals surface area contributed by atoms with E-state index >= 15 is 0 Å². The molecule has 1 aromatic rings. The number of hydrogen-bond acceptors (Lipinski definition) is 2. The molecule has 0 unspecified atom stereocenters. The van der Waals surface area contributed by atoms with Crippen molar-refractivity contribution in [1.29, 1.82) is 5.26 Å². The van der Waals surface area contributed by atoms with Gasteiger partial charge in [-0.2, -0.15) is 5.26 Å². The summed E-state index contributed by atoms with van der Waals surface area (Å²) in [4.78, 5) is 0. The van der Waals surface area contributed by atoms with Crippen LogP contribution < -0.4 is 5.73 Å². The van der Waals surface area contributed by atoms with Crippen LogP contribution in [0.2, 0.25) is 10.0 Å². The summed E-state index contributed by atoms with van der Waals surface area (Å²) >= 11 is 11.5. The van der Waals surface area contributed by atoms with Crippen molar-refractivity contribution in [3.05, 3.63) is 33.3 Å². The minimum atomic E-state index is 0.249. The lowest BCUT2D eigenvalue weighted by Crippen LogP contribution is -2.00. The van der Waals surface area contributed by atoms with E-state index in [2.05, 4.69) is 0 Å². The van der Waals surface area contributed by atoms with Gasteiger partial charge in [-0.25, -0.2) is 0 Å². The summed E-state index contributed by atoms with van der Waals surface area (Å²) in [6, 6.07) is 5.11. The molecule has 0 fully saturated rings. The van der Waals surface area contributed by atoms with Crippen LogP contribution in [0.3, 0.4) is 0 Å². The predicted molar refractivity (Wildman–Crippen MR) is 49.1 cm³/mol. The van der Waals surface area contributed by atoms with Crippen molar-refractivity contribution >= 4 is 23.2 Å². The lowest BCUT2D eigenvalue weighted by atomic mass is 10.1. The van der Waals surface area contributed by atoms with Gasteiger partial charge in [-0.3, -0.25) is 0 Å². The summed E-state index contributed by atoms with van der Waals surface area (Å²) in [5.74, 6) is 0. The van der Waals surface area contributed by atoms with Gasteiger partial charge in [0.15, 0.2) is 0 Å². The zero-order chi connectivity index (χ0) is 9.14. The number of benzene rings is 1. The second kappa shape index (κ2) is 3.77. The molecule has 0 atom stereocenters. The molecule has 0 saturated heterocycles. The second-order valence-electron chi connectivity index (χ2n) is 2.23. The Morgan fingerprint density at radius 1 is 1.42 bits per heavy atom. The molecule has 0 aliphatic rings. The number of rotatable bonds is 1. The summed E-state index contributed by atoms with van der Waals surface area (Å²) in [5, 5.41) is 9.57. The molecule has 0 bridgehead atoms. The van der Waals surface area contributed by atoms with Crippen LogP contribution in [0.15, 0.2) is 12.1 Å². The van der Waals surface area contributed by atoms with Gasteiger partial charge in [0.05, 0.1) is 11.6 Å². The monoisotopic (exact) mass is 200 g/mol. The quantitative estimate of drug-likeness (QED) is 0.757. The Balaban J connectivity index is 3.36. The predicted octanol–water partition coefficient (Wildman–Crippen LogP) is 2.32. The molecule has 0 saturated carbocycles. The molecule has 0 heterocycles. The lowest BCUT2D eigenvalue weighted by Gasteiger charge is -2.03. The third-order valence-corrected chi connectivity index (χ3v) is 2.04. The minimum absolute atomic E-state index is 0.249. The lowest BCUT2D eigenvalue weighted by molar-refractivity contribution is 1.06. The van der Waals surface area contributed by atoms with Gasteiger partial charge in [-0.05, 0) is 12.1 Å². The molecule has 0 amide bonds. The van der Waals surface area contributed by atoms with Crippen molar-refractivity contribution in [3.63, 3.8) is 0 Å². The number of nitrogens with two attached hydrogens (primary N) is 1.